The zero-order valence-electron chi connectivity index (χ0n) is 7.24. The molecule has 0 rings (SSSR count). The number of amides is 2. The van der Waals surface area contributed by atoms with E-state index in [4.69, 9.17) is 5.73 Å². The van der Waals surface area contributed by atoms with E-state index in [1.54, 1.807) is 6.21 Å². The van der Waals surface area contributed by atoms with Crippen molar-refractivity contribution in [3.63, 3.8) is 0 Å². The Bertz CT molecular complexity index is 154. The molecule has 0 aromatic heterocycles. The third-order valence-electron chi connectivity index (χ3n) is 1.15. The van der Waals surface area contributed by atoms with Gasteiger partial charge in [0.25, 0.3) is 0 Å². The maximum atomic E-state index is 10.4. The first-order chi connectivity index (χ1) is 5.04. The predicted molar refractivity (Wildman–Crippen MR) is 45.3 cm³/mol. The maximum Gasteiger partial charge on any atom is 0.334 e. The van der Waals surface area contributed by atoms with Gasteiger partial charge in [0.15, 0.2) is 0 Å². The quantitative estimate of drug-likeness (QED) is 0.482. The third kappa shape index (κ3) is 5.39. The fourth-order valence-electron chi connectivity index (χ4n) is 0.437. The number of nitrogens with two attached hydrogens (primary N) is 1. The summed E-state index contributed by atoms with van der Waals surface area (Å²) in [4.78, 5) is 10.4. The summed E-state index contributed by atoms with van der Waals surface area (Å²) >= 11 is 0. The summed E-state index contributed by atoms with van der Waals surface area (Å²) in [6, 6.07) is -0.537. The second kappa shape index (κ2) is 4.71. The highest BCUT2D eigenvalue weighted by atomic mass is 16.2. The standard InChI is InChI=1S/C7H15N3O/c1-6(2)4-5-9-10(3)7(8)11/h5-6H,4H2,1-3H3,(H2,8,11)/b9-5+. The molecule has 0 aromatic carbocycles. The fraction of sp³-hybridized carbons (Fsp3) is 0.714. The number of hydrazone groups is 1. The number of hydrogen-bond donors (Lipinski definition) is 1. The van der Waals surface area contributed by atoms with Gasteiger partial charge in [-0.3, -0.25) is 0 Å². The molecule has 0 aliphatic carbocycles. The summed E-state index contributed by atoms with van der Waals surface area (Å²) in [5.41, 5.74) is 4.93. The molecule has 64 valence electrons. The van der Waals surface area contributed by atoms with Crippen molar-refractivity contribution >= 4 is 12.2 Å². The minimum Gasteiger partial charge on any atom is -0.350 e. The summed E-state index contributed by atoms with van der Waals surface area (Å²) in [6.07, 6.45) is 2.55. The Balaban J connectivity index is 3.65. The zero-order valence-corrected chi connectivity index (χ0v) is 7.24. The van der Waals surface area contributed by atoms with Gasteiger partial charge >= 0.3 is 6.03 Å². The average Bonchev–Trinajstić information content (AvgIpc) is 1.86. The summed E-state index contributed by atoms with van der Waals surface area (Å²) in [5.74, 6) is 0.556. The van der Waals surface area contributed by atoms with E-state index in [2.05, 4.69) is 18.9 Å². The normalized spacial score (nSPS) is 10.9. The second-order valence-corrected chi connectivity index (χ2v) is 2.79. The van der Waals surface area contributed by atoms with Crippen molar-refractivity contribution in [3.8, 4) is 0 Å². The average molecular weight is 157 g/mol. The Kier molecular flexibility index (Phi) is 4.26. The lowest BCUT2D eigenvalue weighted by atomic mass is 10.2. The van der Waals surface area contributed by atoms with Crippen LogP contribution in [0.5, 0.6) is 0 Å². The van der Waals surface area contributed by atoms with Gasteiger partial charge in [0, 0.05) is 13.3 Å². The van der Waals surface area contributed by atoms with Gasteiger partial charge in [-0.15, -0.1) is 0 Å². The van der Waals surface area contributed by atoms with Crippen LogP contribution < -0.4 is 5.73 Å². The van der Waals surface area contributed by atoms with Crippen molar-refractivity contribution in [2.75, 3.05) is 7.05 Å². The van der Waals surface area contributed by atoms with Gasteiger partial charge in [0.1, 0.15) is 0 Å². The molecule has 4 heteroatoms. The Morgan fingerprint density at radius 1 is 1.73 bits per heavy atom. The summed E-state index contributed by atoms with van der Waals surface area (Å²) < 4.78 is 0. The van der Waals surface area contributed by atoms with E-state index in [0.29, 0.717) is 5.92 Å². The lowest BCUT2D eigenvalue weighted by molar-refractivity contribution is 0.220. The van der Waals surface area contributed by atoms with Crippen LogP contribution in [0.2, 0.25) is 0 Å². The van der Waals surface area contributed by atoms with Crippen LogP contribution in [-0.2, 0) is 0 Å². The molecular weight excluding hydrogens is 142 g/mol. The second-order valence-electron chi connectivity index (χ2n) is 2.79. The molecule has 2 N–H and O–H groups in total. The molecule has 0 aromatic rings. The van der Waals surface area contributed by atoms with Crippen molar-refractivity contribution < 1.29 is 4.79 Å². The van der Waals surface area contributed by atoms with Crippen molar-refractivity contribution in [3.05, 3.63) is 0 Å². The van der Waals surface area contributed by atoms with E-state index in [1.165, 1.54) is 7.05 Å². The van der Waals surface area contributed by atoms with Gasteiger partial charge in [-0.1, -0.05) is 13.8 Å². The van der Waals surface area contributed by atoms with Crippen molar-refractivity contribution in [1.29, 1.82) is 0 Å². The molecular formula is C7H15N3O. The van der Waals surface area contributed by atoms with Crippen LogP contribution in [0.4, 0.5) is 4.79 Å². The Morgan fingerprint density at radius 2 is 2.27 bits per heavy atom. The van der Waals surface area contributed by atoms with Gasteiger partial charge < -0.3 is 5.73 Å². The number of carbonyl (C=O) groups excluding carboxylic acids is 1. The topological polar surface area (TPSA) is 58.7 Å². The molecule has 0 fully saturated rings. The molecule has 11 heavy (non-hydrogen) atoms. The molecule has 0 aliphatic rings. The Hall–Kier alpha value is -1.06. The van der Waals surface area contributed by atoms with Crippen molar-refractivity contribution in [1.82, 2.24) is 5.01 Å². The van der Waals surface area contributed by atoms with Gasteiger partial charge in [0.2, 0.25) is 0 Å². The zero-order chi connectivity index (χ0) is 8.85. The van der Waals surface area contributed by atoms with Gasteiger partial charge in [-0.05, 0) is 12.3 Å². The van der Waals surface area contributed by atoms with Crippen molar-refractivity contribution in [2.24, 2.45) is 16.8 Å². The first-order valence-corrected chi connectivity index (χ1v) is 3.59. The van der Waals surface area contributed by atoms with E-state index in [9.17, 15) is 4.79 Å². The summed E-state index contributed by atoms with van der Waals surface area (Å²) in [7, 11) is 1.53. The number of hydrogen-bond acceptors (Lipinski definition) is 2. The Labute approximate surface area is 67.1 Å². The first-order valence-electron chi connectivity index (χ1n) is 3.59. The SMILES string of the molecule is CC(C)C/C=N/N(C)C(N)=O. The summed E-state index contributed by atoms with van der Waals surface area (Å²) in [5, 5.41) is 4.91. The molecule has 0 saturated heterocycles. The number of carbonyl (C=O) groups is 1. The van der Waals surface area contributed by atoms with Gasteiger partial charge in [0.05, 0.1) is 0 Å². The first kappa shape index (κ1) is 9.94. The number of rotatable bonds is 3. The number of nitrogens with zero attached hydrogens (tertiary/aromatic N) is 2. The number of urea groups is 1. The number of primary amides is 1. The molecule has 4 nitrogen and oxygen atoms in total. The molecule has 0 bridgehead atoms. The maximum absolute atomic E-state index is 10.4. The minimum absolute atomic E-state index is 0.537. The van der Waals surface area contributed by atoms with Crippen molar-refractivity contribution in [2.45, 2.75) is 20.3 Å². The molecule has 0 spiro atoms. The predicted octanol–water partition coefficient (Wildman–Crippen LogP) is 1.03. The molecule has 2 amide bonds. The smallest absolute Gasteiger partial charge is 0.334 e. The fourth-order valence-corrected chi connectivity index (χ4v) is 0.437. The molecule has 0 aliphatic heterocycles. The van der Waals surface area contributed by atoms with Crippen LogP contribution in [0.15, 0.2) is 5.10 Å². The van der Waals surface area contributed by atoms with Crippen LogP contribution >= 0.6 is 0 Å². The van der Waals surface area contributed by atoms with Crippen LogP contribution in [-0.4, -0.2) is 24.3 Å². The lowest BCUT2D eigenvalue weighted by Crippen LogP contribution is -2.27. The van der Waals surface area contributed by atoms with Crippen LogP contribution in [0.3, 0.4) is 0 Å². The highest BCUT2D eigenvalue weighted by Crippen LogP contribution is 1.95. The highest BCUT2D eigenvalue weighted by Gasteiger charge is 1.97. The molecule has 0 heterocycles. The third-order valence-corrected chi connectivity index (χ3v) is 1.15. The van der Waals surface area contributed by atoms with Gasteiger partial charge in [-0.2, -0.15) is 5.10 Å². The van der Waals surface area contributed by atoms with Crippen LogP contribution in [0.25, 0.3) is 0 Å². The van der Waals surface area contributed by atoms with E-state index in [0.717, 1.165) is 11.4 Å². The van der Waals surface area contributed by atoms with Gasteiger partial charge in [-0.25, -0.2) is 9.80 Å². The van der Waals surface area contributed by atoms with E-state index in [-0.39, 0.29) is 0 Å². The molecule has 0 atom stereocenters. The largest absolute Gasteiger partial charge is 0.350 e. The van der Waals surface area contributed by atoms with E-state index in [1.807, 2.05) is 0 Å². The summed E-state index contributed by atoms with van der Waals surface area (Å²) in [6.45, 7) is 4.16. The Morgan fingerprint density at radius 3 is 2.64 bits per heavy atom. The van der Waals surface area contributed by atoms with E-state index < -0.39 is 6.03 Å². The molecule has 0 unspecified atom stereocenters. The minimum atomic E-state index is -0.537. The monoisotopic (exact) mass is 157 g/mol. The molecule has 0 radical (unpaired) electrons. The lowest BCUT2D eigenvalue weighted by Gasteiger charge is -2.05. The highest BCUT2D eigenvalue weighted by molar-refractivity contribution is 5.72. The van der Waals surface area contributed by atoms with E-state index >= 15 is 0 Å². The van der Waals surface area contributed by atoms with Crippen LogP contribution in [0.1, 0.15) is 20.3 Å². The van der Waals surface area contributed by atoms with Crippen LogP contribution in [0, 0.1) is 5.92 Å². The molecule has 0 saturated carbocycles.